The van der Waals surface area contributed by atoms with Gasteiger partial charge in [0.25, 0.3) is 0 Å². The van der Waals surface area contributed by atoms with Gasteiger partial charge in [-0.1, -0.05) is 13.3 Å². The molecule has 1 aliphatic heterocycles. The van der Waals surface area contributed by atoms with Crippen molar-refractivity contribution in [3.8, 4) is 0 Å². The number of nitrogens with one attached hydrogen (secondary N) is 2. The minimum atomic E-state index is -2.91. The molecule has 1 fully saturated rings. The van der Waals surface area contributed by atoms with E-state index in [0.29, 0.717) is 12.5 Å². The van der Waals surface area contributed by atoms with Gasteiger partial charge in [0, 0.05) is 32.4 Å². The minimum absolute atomic E-state index is 0. The zero-order valence-electron chi connectivity index (χ0n) is 13.1. The lowest BCUT2D eigenvalue weighted by Gasteiger charge is -2.26. The molecule has 1 saturated heterocycles. The lowest BCUT2D eigenvalue weighted by Crippen LogP contribution is -2.43. The van der Waals surface area contributed by atoms with E-state index in [1.54, 1.807) is 14.0 Å². The SMILES string of the molecule is CCS(=O)(=O)CCNC(=NC)NCCN1CCCCC1.I. The van der Waals surface area contributed by atoms with E-state index in [1.807, 2.05) is 0 Å². The Morgan fingerprint density at radius 3 is 2.33 bits per heavy atom. The molecule has 0 amide bonds. The zero-order chi connectivity index (χ0) is 14.8. The summed E-state index contributed by atoms with van der Waals surface area (Å²) in [7, 11) is -1.22. The molecule has 0 radical (unpaired) electrons. The van der Waals surface area contributed by atoms with Crippen molar-refractivity contribution >= 4 is 39.8 Å². The smallest absolute Gasteiger partial charge is 0.191 e. The summed E-state index contributed by atoms with van der Waals surface area (Å²) >= 11 is 0. The fourth-order valence-corrected chi connectivity index (χ4v) is 2.91. The molecule has 126 valence electrons. The van der Waals surface area contributed by atoms with Crippen LogP contribution < -0.4 is 10.6 Å². The molecule has 0 atom stereocenters. The van der Waals surface area contributed by atoms with Gasteiger partial charge in [0.1, 0.15) is 0 Å². The Hall–Kier alpha value is -0.0900. The van der Waals surface area contributed by atoms with Crippen molar-refractivity contribution in [2.45, 2.75) is 26.2 Å². The third-order valence-electron chi connectivity index (χ3n) is 3.54. The molecule has 0 unspecified atom stereocenters. The van der Waals surface area contributed by atoms with Gasteiger partial charge in [-0.05, 0) is 25.9 Å². The van der Waals surface area contributed by atoms with Crippen molar-refractivity contribution < 1.29 is 8.42 Å². The van der Waals surface area contributed by atoms with Crippen LogP contribution in [0.1, 0.15) is 26.2 Å². The zero-order valence-corrected chi connectivity index (χ0v) is 16.2. The first kappa shape index (κ1) is 20.9. The van der Waals surface area contributed by atoms with Crippen LogP contribution in [0.3, 0.4) is 0 Å². The highest BCUT2D eigenvalue weighted by Gasteiger charge is 2.10. The first-order valence-corrected chi connectivity index (χ1v) is 9.27. The number of nitrogens with zero attached hydrogens (tertiary/aromatic N) is 2. The second-order valence-corrected chi connectivity index (χ2v) is 7.54. The van der Waals surface area contributed by atoms with Crippen molar-refractivity contribution in [2.75, 3.05) is 51.3 Å². The molecule has 0 aromatic heterocycles. The van der Waals surface area contributed by atoms with Crippen LogP contribution in [0.15, 0.2) is 4.99 Å². The molecule has 1 heterocycles. The van der Waals surface area contributed by atoms with Crippen LogP contribution in [0.2, 0.25) is 0 Å². The van der Waals surface area contributed by atoms with Gasteiger partial charge in [0.15, 0.2) is 15.8 Å². The molecule has 2 N–H and O–H groups in total. The van der Waals surface area contributed by atoms with E-state index >= 15 is 0 Å². The highest BCUT2D eigenvalue weighted by Crippen LogP contribution is 2.07. The van der Waals surface area contributed by atoms with Gasteiger partial charge < -0.3 is 15.5 Å². The number of likely N-dealkylation sites (tertiary alicyclic amines) is 1. The summed E-state index contributed by atoms with van der Waals surface area (Å²) in [5, 5.41) is 6.26. The third-order valence-corrected chi connectivity index (χ3v) is 5.24. The lowest BCUT2D eigenvalue weighted by atomic mass is 10.1. The molecule has 0 aromatic rings. The molecular weight excluding hydrogens is 403 g/mol. The first-order valence-electron chi connectivity index (χ1n) is 7.44. The van der Waals surface area contributed by atoms with Gasteiger partial charge in [0.2, 0.25) is 0 Å². The maximum Gasteiger partial charge on any atom is 0.191 e. The molecular formula is C13H29IN4O2S. The second-order valence-electron chi connectivity index (χ2n) is 5.06. The molecule has 0 saturated carbocycles. The molecule has 0 aliphatic carbocycles. The Bertz CT molecular complexity index is 395. The molecule has 6 nitrogen and oxygen atoms in total. The van der Waals surface area contributed by atoms with Crippen molar-refractivity contribution in [1.29, 1.82) is 0 Å². The van der Waals surface area contributed by atoms with Gasteiger partial charge in [0.05, 0.1) is 5.75 Å². The predicted molar refractivity (Wildman–Crippen MR) is 99.4 cm³/mol. The second kappa shape index (κ2) is 11.5. The average Bonchev–Trinajstić information content (AvgIpc) is 2.46. The van der Waals surface area contributed by atoms with Gasteiger partial charge >= 0.3 is 0 Å². The van der Waals surface area contributed by atoms with E-state index in [1.165, 1.54) is 32.4 Å². The molecule has 8 heteroatoms. The standard InChI is InChI=1S/C13H28N4O2S.HI/c1-3-20(18,19)12-8-16-13(14-2)15-7-11-17-9-5-4-6-10-17;/h3-12H2,1-2H3,(H2,14,15,16);1H. The van der Waals surface area contributed by atoms with Crippen LogP contribution in [0.5, 0.6) is 0 Å². The Balaban J connectivity index is 0.00000400. The van der Waals surface area contributed by atoms with E-state index in [0.717, 1.165) is 13.1 Å². The summed E-state index contributed by atoms with van der Waals surface area (Å²) < 4.78 is 22.8. The summed E-state index contributed by atoms with van der Waals surface area (Å²) in [6.07, 6.45) is 3.93. The summed E-state index contributed by atoms with van der Waals surface area (Å²) in [4.78, 5) is 6.55. The maximum absolute atomic E-state index is 11.4. The summed E-state index contributed by atoms with van der Waals surface area (Å²) in [6, 6.07) is 0. The van der Waals surface area contributed by atoms with E-state index in [2.05, 4.69) is 20.5 Å². The van der Waals surface area contributed by atoms with Crippen molar-refractivity contribution in [1.82, 2.24) is 15.5 Å². The number of hydrogen-bond acceptors (Lipinski definition) is 4. The molecule has 0 spiro atoms. The Morgan fingerprint density at radius 2 is 1.76 bits per heavy atom. The van der Waals surface area contributed by atoms with Crippen molar-refractivity contribution in [3.63, 3.8) is 0 Å². The number of sulfone groups is 1. The van der Waals surface area contributed by atoms with Gasteiger partial charge in [-0.25, -0.2) is 8.42 Å². The largest absolute Gasteiger partial charge is 0.355 e. The van der Waals surface area contributed by atoms with Crippen molar-refractivity contribution in [3.05, 3.63) is 0 Å². The van der Waals surface area contributed by atoms with Crippen LogP contribution in [0, 0.1) is 0 Å². The fourth-order valence-electron chi connectivity index (χ4n) is 2.21. The molecule has 0 aromatic carbocycles. The summed E-state index contributed by atoms with van der Waals surface area (Å²) in [6.45, 7) is 6.28. The van der Waals surface area contributed by atoms with Crippen LogP contribution >= 0.6 is 24.0 Å². The van der Waals surface area contributed by atoms with E-state index < -0.39 is 9.84 Å². The number of halogens is 1. The summed E-state index contributed by atoms with van der Waals surface area (Å²) in [5.74, 6) is 1.01. The number of guanidine groups is 1. The number of piperidine rings is 1. The fraction of sp³-hybridized carbons (Fsp3) is 0.923. The van der Waals surface area contributed by atoms with E-state index in [4.69, 9.17) is 0 Å². The molecule has 1 aliphatic rings. The molecule has 0 bridgehead atoms. The lowest BCUT2D eigenvalue weighted by molar-refractivity contribution is 0.232. The van der Waals surface area contributed by atoms with Gasteiger partial charge in [-0.3, -0.25) is 4.99 Å². The predicted octanol–water partition coefficient (Wildman–Crippen LogP) is 0.690. The van der Waals surface area contributed by atoms with Crippen LogP contribution in [0.25, 0.3) is 0 Å². The Kier molecular flexibility index (Phi) is 11.4. The van der Waals surface area contributed by atoms with Gasteiger partial charge in [-0.15, -0.1) is 24.0 Å². The quantitative estimate of drug-likeness (QED) is 0.352. The monoisotopic (exact) mass is 432 g/mol. The topological polar surface area (TPSA) is 73.8 Å². The third kappa shape index (κ3) is 9.51. The minimum Gasteiger partial charge on any atom is -0.355 e. The van der Waals surface area contributed by atoms with Crippen molar-refractivity contribution in [2.24, 2.45) is 4.99 Å². The van der Waals surface area contributed by atoms with Crippen LogP contribution in [-0.2, 0) is 9.84 Å². The van der Waals surface area contributed by atoms with Crippen LogP contribution in [0.4, 0.5) is 0 Å². The maximum atomic E-state index is 11.4. The van der Waals surface area contributed by atoms with Gasteiger partial charge in [-0.2, -0.15) is 0 Å². The number of rotatable bonds is 7. The Labute approximate surface area is 146 Å². The molecule has 21 heavy (non-hydrogen) atoms. The van der Waals surface area contributed by atoms with E-state index in [9.17, 15) is 8.42 Å². The number of aliphatic imine (C=N–C) groups is 1. The first-order chi connectivity index (χ1) is 9.57. The van der Waals surface area contributed by atoms with Crippen LogP contribution in [-0.4, -0.2) is 70.6 Å². The number of hydrogen-bond donors (Lipinski definition) is 2. The normalized spacial score (nSPS) is 17.1. The summed E-state index contributed by atoms with van der Waals surface area (Å²) in [5.41, 5.74) is 0. The molecule has 1 rings (SSSR count). The van der Waals surface area contributed by atoms with E-state index in [-0.39, 0.29) is 35.5 Å². The highest BCUT2D eigenvalue weighted by molar-refractivity contribution is 14.0. The Morgan fingerprint density at radius 1 is 1.14 bits per heavy atom. The average molecular weight is 432 g/mol. The highest BCUT2D eigenvalue weighted by atomic mass is 127.